The van der Waals surface area contributed by atoms with Gasteiger partial charge in [-0.15, -0.1) is 0 Å². The van der Waals surface area contributed by atoms with Crippen molar-refractivity contribution < 1.29 is 4.74 Å². The summed E-state index contributed by atoms with van der Waals surface area (Å²) in [5.74, 6) is 3.49. The van der Waals surface area contributed by atoms with Gasteiger partial charge in [-0.3, -0.25) is 9.89 Å². The lowest BCUT2D eigenvalue weighted by Gasteiger charge is -2.43. The molecule has 0 spiro atoms. The molecule has 0 saturated carbocycles. The molecule has 102 valence electrons. The third kappa shape index (κ3) is 2.60. The van der Waals surface area contributed by atoms with Crippen molar-refractivity contribution in [3.63, 3.8) is 0 Å². The molecule has 6 heteroatoms. The minimum Gasteiger partial charge on any atom is -0.379 e. The summed E-state index contributed by atoms with van der Waals surface area (Å²) in [5.41, 5.74) is 0.307. The number of ether oxygens (including phenoxy) is 1. The van der Waals surface area contributed by atoms with E-state index in [1.54, 1.807) is 0 Å². The van der Waals surface area contributed by atoms with Crippen LogP contribution in [-0.2, 0) is 4.74 Å². The van der Waals surface area contributed by atoms with Crippen LogP contribution in [-0.4, -0.2) is 73.8 Å². The highest BCUT2D eigenvalue weighted by molar-refractivity contribution is 7.99. The lowest BCUT2D eigenvalue weighted by molar-refractivity contribution is -0.0120. The highest BCUT2D eigenvalue weighted by atomic mass is 32.2. The predicted molar refractivity (Wildman–Crippen MR) is 75.4 cm³/mol. The summed E-state index contributed by atoms with van der Waals surface area (Å²) >= 11 is 2.07. The van der Waals surface area contributed by atoms with Crippen molar-refractivity contribution in [1.29, 1.82) is 0 Å². The molecule has 0 aromatic rings. The number of guanidine groups is 1. The van der Waals surface area contributed by atoms with Crippen LogP contribution in [0, 0.1) is 0 Å². The maximum atomic E-state index is 5.48. The van der Waals surface area contributed by atoms with Crippen LogP contribution in [0.1, 0.15) is 6.42 Å². The fourth-order valence-electron chi connectivity index (χ4n) is 2.90. The van der Waals surface area contributed by atoms with Gasteiger partial charge in [-0.1, -0.05) is 0 Å². The van der Waals surface area contributed by atoms with Crippen LogP contribution in [0.3, 0.4) is 0 Å². The zero-order valence-corrected chi connectivity index (χ0v) is 11.6. The van der Waals surface area contributed by atoms with Gasteiger partial charge in [0.05, 0.1) is 19.8 Å². The zero-order valence-electron chi connectivity index (χ0n) is 10.8. The van der Waals surface area contributed by atoms with Gasteiger partial charge in [0.1, 0.15) is 0 Å². The van der Waals surface area contributed by atoms with Crippen LogP contribution in [0.15, 0.2) is 4.99 Å². The second kappa shape index (κ2) is 5.67. The van der Waals surface area contributed by atoms with E-state index in [1.165, 1.54) is 17.9 Å². The Morgan fingerprint density at radius 1 is 1.44 bits per heavy atom. The van der Waals surface area contributed by atoms with Crippen molar-refractivity contribution in [2.45, 2.75) is 12.0 Å². The summed E-state index contributed by atoms with van der Waals surface area (Å²) in [6, 6.07) is 0. The third-order valence-corrected chi connectivity index (χ3v) is 5.26. The normalized spacial score (nSPS) is 33.2. The number of aliphatic imine (C=N–C) groups is 1. The van der Waals surface area contributed by atoms with Crippen LogP contribution in [0.25, 0.3) is 0 Å². The van der Waals surface area contributed by atoms with Gasteiger partial charge in [-0.25, -0.2) is 0 Å². The SMILES string of the molecule is C1CNC(NCC2(N3CCOCC3)CCSC2)=N1. The Hall–Kier alpha value is -0.460. The largest absolute Gasteiger partial charge is 0.379 e. The number of nitrogens with one attached hydrogen (secondary N) is 2. The lowest BCUT2D eigenvalue weighted by Crippen LogP contribution is -2.59. The van der Waals surface area contributed by atoms with E-state index >= 15 is 0 Å². The Morgan fingerprint density at radius 2 is 2.33 bits per heavy atom. The summed E-state index contributed by atoms with van der Waals surface area (Å²) in [7, 11) is 0. The van der Waals surface area contributed by atoms with Crippen molar-refractivity contribution >= 4 is 17.7 Å². The van der Waals surface area contributed by atoms with Crippen molar-refractivity contribution in [3.05, 3.63) is 0 Å². The Bertz CT molecular complexity index is 311. The number of nitrogens with zero attached hydrogens (tertiary/aromatic N) is 2. The summed E-state index contributed by atoms with van der Waals surface area (Å²) in [4.78, 5) is 7.04. The fourth-order valence-corrected chi connectivity index (χ4v) is 4.38. The zero-order chi connectivity index (χ0) is 12.3. The molecule has 0 bridgehead atoms. The Balaban J connectivity index is 1.62. The molecule has 0 aromatic heterocycles. The monoisotopic (exact) mass is 270 g/mol. The smallest absolute Gasteiger partial charge is 0.191 e. The molecule has 18 heavy (non-hydrogen) atoms. The quantitative estimate of drug-likeness (QED) is 0.740. The molecule has 0 amide bonds. The molecule has 3 heterocycles. The molecule has 1 unspecified atom stereocenters. The molecular weight excluding hydrogens is 248 g/mol. The van der Waals surface area contributed by atoms with Gasteiger partial charge in [0.25, 0.3) is 0 Å². The second-order valence-corrected chi connectivity index (χ2v) is 6.24. The van der Waals surface area contributed by atoms with Crippen LogP contribution in [0.5, 0.6) is 0 Å². The molecule has 0 aliphatic carbocycles. The maximum Gasteiger partial charge on any atom is 0.191 e. The first-order chi connectivity index (χ1) is 8.89. The minimum atomic E-state index is 0.307. The average Bonchev–Trinajstić information content (AvgIpc) is 3.10. The fraction of sp³-hybridized carbons (Fsp3) is 0.917. The Labute approximate surface area is 113 Å². The highest BCUT2D eigenvalue weighted by Gasteiger charge is 2.40. The Morgan fingerprint density at radius 3 is 3.00 bits per heavy atom. The molecule has 0 radical (unpaired) electrons. The molecule has 1 atom stereocenters. The third-order valence-electron chi connectivity index (χ3n) is 4.02. The average molecular weight is 270 g/mol. The summed E-state index contributed by atoms with van der Waals surface area (Å²) < 4.78 is 5.48. The van der Waals surface area contributed by atoms with E-state index < -0.39 is 0 Å². The van der Waals surface area contributed by atoms with Gasteiger partial charge < -0.3 is 15.4 Å². The lowest BCUT2D eigenvalue weighted by atomic mass is 9.95. The maximum absolute atomic E-state index is 5.48. The van der Waals surface area contributed by atoms with Gasteiger partial charge >= 0.3 is 0 Å². The number of rotatable bonds is 3. The topological polar surface area (TPSA) is 48.9 Å². The van der Waals surface area contributed by atoms with Crippen LogP contribution in [0.2, 0.25) is 0 Å². The molecule has 3 rings (SSSR count). The summed E-state index contributed by atoms with van der Waals surface area (Å²) in [6.07, 6.45) is 1.28. The van der Waals surface area contributed by atoms with E-state index in [0.717, 1.165) is 51.9 Å². The van der Waals surface area contributed by atoms with Crippen LogP contribution in [0.4, 0.5) is 0 Å². The summed E-state index contributed by atoms with van der Waals surface area (Å²) in [6.45, 7) is 6.79. The molecule has 2 fully saturated rings. The van der Waals surface area contributed by atoms with Crippen molar-refractivity contribution in [2.75, 3.05) is 57.4 Å². The number of thioether (sulfide) groups is 1. The van der Waals surface area contributed by atoms with Crippen LogP contribution < -0.4 is 10.6 Å². The first-order valence-corrected chi connectivity index (χ1v) is 7.97. The number of hydrogen-bond donors (Lipinski definition) is 2. The highest BCUT2D eigenvalue weighted by Crippen LogP contribution is 2.33. The molecule has 2 saturated heterocycles. The molecule has 3 aliphatic rings. The number of hydrogen-bond acceptors (Lipinski definition) is 6. The van der Waals surface area contributed by atoms with Gasteiger partial charge in [0, 0.05) is 37.5 Å². The van der Waals surface area contributed by atoms with Crippen molar-refractivity contribution in [2.24, 2.45) is 4.99 Å². The van der Waals surface area contributed by atoms with E-state index in [1.807, 2.05) is 0 Å². The first kappa shape index (κ1) is 12.6. The first-order valence-electron chi connectivity index (χ1n) is 6.82. The number of morpholine rings is 1. The van der Waals surface area contributed by atoms with Crippen molar-refractivity contribution in [3.8, 4) is 0 Å². The van der Waals surface area contributed by atoms with E-state index in [2.05, 4.69) is 32.3 Å². The van der Waals surface area contributed by atoms with E-state index in [9.17, 15) is 0 Å². The van der Waals surface area contributed by atoms with Crippen LogP contribution >= 0.6 is 11.8 Å². The van der Waals surface area contributed by atoms with Gasteiger partial charge in [0.15, 0.2) is 5.96 Å². The molecule has 0 aromatic carbocycles. The molecule has 5 nitrogen and oxygen atoms in total. The minimum absolute atomic E-state index is 0.307. The van der Waals surface area contributed by atoms with Gasteiger partial charge in [-0.05, 0) is 12.2 Å². The van der Waals surface area contributed by atoms with Crippen molar-refractivity contribution in [1.82, 2.24) is 15.5 Å². The van der Waals surface area contributed by atoms with E-state index in [0.29, 0.717) is 5.54 Å². The molecular formula is C12H22N4OS. The standard InChI is InChI=1S/C12H22N4OS/c1-8-18-10-12(1,16-4-6-17-7-5-16)9-15-11-13-2-3-14-11/h1-10H2,(H2,13,14,15). The molecule has 3 aliphatic heterocycles. The molecule has 2 N–H and O–H groups in total. The summed E-state index contributed by atoms with van der Waals surface area (Å²) in [5, 5.41) is 6.79. The van der Waals surface area contributed by atoms with Gasteiger partial charge in [-0.2, -0.15) is 11.8 Å². The Kier molecular flexibility index (Phi) is 3.96. The van der Waals surface area contributed by atoms with E-state index in [4.69, 9.17) is 4.74 Å². The second-order valence-electron chi connectivity index (χ2n) is 5.14. The predicted octanol–water partition coefficient (Wildman–Crippen LogP) is -0.257. The van der Waals surface area contributed by atoms with E-state index in [-0.39, 0.29) is 0 Å². The van der Waals surface area contributed by atoms with Gasteiger partial charge in [0.2, 0.25) is 0 Å².